The highest BCUT2D eigenvalue weighted by Crippen LogP contribution is 2.20. The molecule has 70 valence electrons. The van der Waals surface area contributed by atoms with Crippen molar-refractivity contribution in [2.24, 2.45) is 5.92 Å². The lowest BCUT2D eigenvalue weighted by Crippen LogP contribution is -2.17. The third-order valence-corrected chi connectivity index (χ3v) is 3.75. The molecule has 0 aromatic carbocycles. The first-order valence-electron chi connectivity index (χ1n) is 4.53. The molecule has 2 nitrogen and oxygen atoms in total. The van der Waals surface area contributed by atoms with Crippen LogP contribution in [-0.4, -0.2) is 14.2 Å². The fourth-order valence-corrected chi connectivity index (χ4v) is 3.02. The van der Waals surface area contributed by atoms with Gasteiger partial charge in [-0.3, -0.25) is 0 Å². The van der Waals surface area contributed by atoms with E-state index in [1.165, 1.54) is 5.41 Å². The summed E-state index contributed by atoms with van der Waals surface area (Å²) < 4.78 is 22.3. The number of rotatable bonds is 3. The summed E-state index contributed by atoms with van der Waals surface area (Å²) in [6.07, 6.45) is 6.09. The standard InChI is InChI=1S/C9H16O2S/c1-2-3-5-9-6-4-7-12(10,11)8-9/h4,7,9H,2-3,5-6,8H2,1H3. The van der Waals surface area contributed by atoms with E-state index in [0.717, 1.165) is 25.7 Å². The van der Waals surface area contributed by atoms with E-state index in [2.05, 4.69) is 6.92 Å². The van der Waals surface area contributed by atoms with E-state index in [1.807, 2.05) is 0 Å². The summed E-state index contributed by atoms with van der Waals surface area (Å²) in [5.74, 6) is 0.740. The summed E-state index contributed by atoms with van der Waals surface area (Å²) in [7, 11) is -2.84. The third kappa shape index (κ3) is 2.97. The van der Waals surface area contributed by atoms with E-state index in [9.17, 15) is 8.42 Å². The lowest BCUT2D eigenvalue weighted by molar-refractivity contribution is 0.498. The topological polar surface area (TPSA) is 34.1 Å². The average Bonchev–Trinajstić information content (AvgIpc) is 1.99. The molecule has 0 N–H and O–H groups in total. The van der Waals surface area contributed by atoms with Crippen LogP contribution in [0.2, 0.25) is 0 Å². The van der Waals surface area contributed by atoms with Crippen LogP contribution in [0.5, 0.6) is 0 Å². The first-order chi connectivity index (χ1) is 5.64. The highest BCUT2D eigenvalue weighted by molar-refractivity contribution is 7.94. The summed E-state index contributed by atoms with van der Waals surface area (Å²) in [6.45, 7) is 2.13. The van der Waals surface area contributed by atoms with Crippen LogP contribution in [0.4, 0.5) is 0 Å². The summed E-state index contributed by atoms with van der Waals surface area (Å²) in [5.41, 5.74) is 0. The molecule has 0 radical (unpaired) electrons. The van der Waals surface area contributed by atoms with Crippen LogP contribution in [-0.2, 0) is 9.84 Å². The number of sulfone groups is 1. The molecule has 0 spiro atoms. The Hall–Kier alpha value is -0.310. The van der Waals surface area contributed by atoms with Gasteiger partial charge in [0.2, 0.25) is 0 Å². The van der Waals surface area contributed by atoms with Crippen LogP contribution in [0, 0.1) is 5.92 Å². The molecule has 1 aliphatic heterocycles. The lowest BCUT2D eigenvalue weighted by Gasteiger charge is -2.16. The second-order valence-electron chi connectivity index (χ2n) is 3.45. The molecule has 12 heavy (non-hydrogen) atoms. The van der Waals surface area contributed by atoms with Gasteiger partial charge in [-0.25, -0.2) is 8.42 Å². The summed E-state index contributed by atoms with van der Waals surface area (Å²) in [4.78, 5) is 0. The minimum Gasteiger partial charge on any atom is -0.224 e. The van der Waals surface area contributed by atoms with Crippen molar-refractivity contribution < 1.29 is 8.42 Å². The van der Waals surface area contributed by atoms with Crippen LogP contribution < -0.4 is 0 Å². The number of hydrogen-bond donors (Lipinski definition) is 0. The Kier molecular flexibility index (Phi) is 3.32. The van der Waals surface area contributed by atoms with Crippen LogP contribution in [0.1, 0.15) is 32.6 Å². The van der Waals surface area contributed by atoms with E-state index >= 15 is 0 Å². The van der Waals surface area contributed by atoms with Gasteiger partial charge in [-0.05, 0) is 18.8 Å². The van der Waals surface area contributed by atoms with Crippen LogP contribution in [0.3, 0.4) is 0 Å². The Morgan fingerprint density at radius 1 is 1.50 bits per heavy atom. The summed E-state index contributed by atoms with van der Waals surface area (Å²) >= 11 is 0. The van der Waals surface area contributed by atoms with Crippen molar-refractivity contribution in [3.63, 3.8) is 0 Å². The summed E-state index contributed by atoms with van der Waals surface area (Å²) in [5, 5.41) is 1.36. The van der Waals surface area contributed by atoms with Crippen molar-refractivity contribution in [2.75, 3.05) is 5.75 Å². The van der Waals surface area contributed by atoms with Gasteiger partial charge in [0.1, 0.15) is 0 Å². The molecule has 0 fully saturated rings. The van der Waals surface area contributed by atoms with Gasteiger partial charge in [-0.2, -0.15) is 0 Å². The smallest absolute Gasteiger partial charge is 0.171 e. The van der Waals surface area contributed by atoms with Crippen LogP contribution >= 0.6 is 0 Å². The molecular formula is C9H16O2S. The maximum absolute atomic E-state index is 11.1. The Bertz CT molecular complexity index is 252. The second-order valence-corrected chi connectivity index (χ2v) is 5.38. The van der Waals surface area contributed by atoms with Crippen molar-refractivity contribution in [1.29, 1.82) is 0 Å². The van der Waals surface area contributed by atoms with Gasteiger partial charge in [-0.1, -0.05) is 25.8 Å². The normalized spacial score (nSPS) is 27.2. The van der Waals surface area contributed by atoms with Gasteiger partial charge in [0.15, 0.2) is 9.84 Å². The molecular weight excluding hydrogens is 172 g/mol. The zero-order valence-electron chi connectivity index (χ0n) is 7.49. The predicted molar refractivity (Wildman–Crippen MR) is 50.6 cm³/mol. The Labute approximate surface area is 74.6 Å². The molecule has 3 heteroatoms. The van der Waals surface area contributed by atoms with Gasteiger partial charge in [0.05, 0.1) is 5.75 Å². The van der Waals surface area contributed by atoms with E-state index in [-0.39, 0.29) is 0 Å². The molecule has 0 bridgehead atoms. The molecule has 0 aliphatic carbocycles. The van der Waals surface area contributed by atoms with Crippen molar-refractivity contribution >= 4 is 9.84 Å². The SMILES string of the molecule is CCCCC1CC=CS(=O)(=O)C1. The minimum atomic E-state index is -2.84. The first kappa shape index (κ1) is 9.78. The molecule has 0 amide bonds. The summed E-state index contributed by atoms with van der Waals surface area (Å²) in [6, 6.07) is 0. The highest BCUT2D eigenvalue weighted by atomic mass is 32.2. The zero-order valence-corrected chi connectivity index (χ0v) is 8.31. The monoisotopic (exact) mass is 188 g/mol. The van der Waals surface area contributed by atoms with E-state index in [1.54, 1.807) is 6.08 Å². The minimum absolute atomic E-state index is 0.365. The molecule has 0 saturated carbocycles. The van der Waals surface area contributed by atoms with Crippen molar-refractivity contribution in [3.05, 3.63) is 11.5 Å². The maximum Gasteiger partial charge on any atom is 0.171 e. The second kappa shape index (κ2) is 4.08. The quantitative estimate of drug-likeness (QED) is 0.680. The van der Waals surface area contributed by atoms with Crippen LogP contribution in [0.15, 0.2) is 11.5 Å². The zero-order chi connectivity index (χ0) is 9.03. The highest BCUT2D eigenvalue weighted by Gasteiger charge is 2.19. The van der Waals surface area contributed by atoms with E-state index in [0.29, 0.717) is 11.7 Å². The third-order valence-electron chi connectivity index (χ3n) is 2.21. The molecule has 1 atom stereocenters. The molecule has 1 aliphatic rings. The Balaban J connectivity index is 2.46. The van der Waals surface area contributed by atoms with Crippen molar-refractivity contribution in [3.8, 4) is 0 Å². The molecule has 1 heterocycles. The van der Waals surface area contributed by atoms with E-state index < -0.39 is 9.84 Å². The fourth-order valence-electron chi connectivity index (χ4n) is 1.54. The Morgan fingerprint density at radius 3 is 2.83 bits per heavy atom. The predicted octanol–water partition coefficient (Wildman–Crippen LogP) is 2.12. The molecule has 0 aromatic rings. The molecule has 0 aromatic heterocycles. The van der Waals surface area contributed by atoms with Gasteiger partial charge in [0, 0.05) is 5.41 Å². The Morgan fingerprint density at radius 2 is 2.25 bits per heavy atom. The number of allylic oxidation sites excluding steroid dienone is 1. The van der Waals surface area contributed by atoms with Gasteiger partial charge in [0.25, 0.3) is 0 Å². The average molecular weight is 188 g/mol. The van der Waals surface area contributed by atoms with Crippen molar-refractivity contribution in [2.45, 2.75) is 32.6 Å². The van der Waals surface area contributed by atoms with Gasteiger partial charge in [-0.15, -0.1) is 0 Å². The molecule has 1 rings (SSSR count). The van der Waals surface area contributed by atoms with Crippen molar-refractivity contribution in [1.82, 2.24) is 0 Å². The molecule has 0 saturated heterocycles. The first-order valence-corrected chi connectivity index (χ1v) is 6.25. The number of hydrogen-bond acceptors (Lipinski definition) is 2. The maximum atomic E-state index is 11.1. The van der Waals surface area contributed by atoms with Gasteiger partial charge < -0.3 is 0 Å². The fraction of sp³-hybridized carbons (Fsp3) is 0.778. The van der Waals surface area contributed by atoms with E-state index in [4.69, 9.17) is 0 Å². The largest absolute Gasteiger partial charge is 0.224 e. The van der Waals surface area contributed by atoms with Crippen LogP contribution in [0.25, 0.3) is 0 Å². The van der Waals surface area contributed by atoms with Gasteiger partial charge >= 0.3 is 0 Å². The lowest BCUT2D eigenvalue weighted by atomic mass is 10.0. The number of unbranched alkanes of at least 4 members (excludes halogenated alkanes) is 1. The molecule has 1 unspecified atom stereocenters.